The van der Waals surface area contributed by atoms with Crippen LogP contribution < -0.4 is 15.6 Å². The number of fused-ring (bicyclic) bond motifs is 1. The molecule has 8 nitrogen and oxygen atoms in total. The fourth-order valence-electron chi connectivity index (χ4n) is 4.75. The van der Waals surface area contributed by atoms with Gasteiger partial charge in [-0.3, -0.25) is 9.59 Å². The van der Waals surface area contributed by atoms with Crippen LogP contribution in [0.5, 0.6) is 5.75 Å². The van der Waals surface area contributed by atoms with Crippen molar-refractivity contribution in [1.29, 1.82) is 0 Å². The summed E-state index contributed by atoms with van der Waals surface area (Å²) in [6.07, 6.45) is 1.71. The fourth-order valence-corrected chi connectivity index (χ4v) is 5.23. The maximum absolute atomic E-state index is 13.5. The second-order valence-electron chi connectivity index (χ2n) is 11.2. The van der Waals surface area contributed by atoms with Gasteiger partial charge in [0.1, 0.15) is 11.6 Å². The highest BCUT2D eigenvalue weighted by atomic mass is 79.9. The summed E-state index contributed by atoms with van der Waals surface area (Å²) in [4.78, 5) is 30.6. The average Bonchev–Trinajstić information content (AvgIpc) is 3.25. The van der Waals surface area contributed by atoms with Crippen LogP contribution in [0.2, 0.25) is 5.02 Å². The Bertz CT molecular complexity index is 1900. The van der Waals surface area contributed by atoms with Gasteiger partial charge in [0.25, 0.3) is 11.5 Å². The molecule has 0 aliphatic rings. The first-order chi connectivity index (χ1) is 20.4. The van der Waals surface area contributed by atoms with E-state index in [-0.39, 0.29) is 18.1 Å². The van der Waals surface area contributed by atoms with Gasteiger partial charge in [0.15, 0.2) is 6.61 Å². The van der Waals surface area contributed by atoms with Crippen molar-refractivity contribution in [2.75, 3.05) is 11.9 Å². The van der Waals surface area contributed by atoms with Crippen LogP contribution in [0, 0.1) is 13.8 Å². The van der Waals surface area contributed by atoms with Crippen molar-refractivity contribution >= 4 is 56.2 Å². The lowest BCUT2D eigenvalue weighted by molar-refractivity contribution is -0.118. The maximum Gasteiger partial charge on any atom is 0.282 e. The summed E-state index contributed by atoms with van der Waals surface area (Å²) in [5, 5.41) is 8.52. The zero-order chi connectivity index (χ0) is 30.9. The molecule has 0 unspecified atom stereocenters. The lowest BCUT2D eigenvalue weighted by atomic mass is 9.95. The summed E-state index contributed by atoms with van der Waals surface area (Å²) < 4.78 is 9.99. The molecule has 0 atom stereocenters. The number of anilines is 1. The van der Waals surface area contributed by atoms with Crippen molar-refractivity contribution in [3.8, 4) is 11.4 Å². The van der Waals surface area contributed by atoms with E-state index in [1.807, 2.05) is 77.1 Å². The number of aryl methyl sites for hydroxylation is 1. The monoisotopic (exact) mass is 659 g/mol. The van der Waals surface area contributed by atoms with E-state index < -0.39 is 5.41 Å². The number of aromatic nitrogens is 3. The van der Waals surface area contributed by atoms with Gasteiger partial charge in [-0.05, 0) is 86.6 Å². The van der Waals surface area contributed by atoms with Gasteiger partial charge in [0.05, 0.1) is 17.1 Å². The number of rotatable bonds is 7. The van der Waals surface area contributed by atoms with E-state index in [1.165, 1.54) is 4.68 Å². The number of hydrogen-bond acceptors (Lipinski definition) is 5. The molecule has 2 heterocycles. The van der Waals surface area contributed by atoms with E-state index in [1.54, 1.807) is 36.5 Å². The Hall–Kier alpha value is -4.21. The molecule has 0 bridgehead atoms. The van der Waals surface area contributed by atoms with Gasteiger partial charge in [-0.1, -0.05) is 48.3 Å². The maximum atomic E-state index is 13.5. The van der Waals surface area contributed by atoms with Gasteiger partial charge in [0, 0.05) is 43.2 Å². The molecule has 5 aromatic rings. The third-order valence-corrected chi connectivity index (χ3v) is 7.60. The van der Waals surface area contributed by atoms with Crippen LogP contribution in [-0.2, 0) is 10.2 Å². The quantitative estimate of drug-likeness (QED) is 0.184. The molecule has 0 fully saturated rings. The zero-order valence-corrected chi connectivity index (χ0v) is 26.8. The van der Waals surface area contributed by atoms with Crippen molar-refractivity contribution in [2.24, 2.45) is 5.10 Å². The van der Waals surface area contributed by atoms with Gasteiger partial charge in [-0.15, -0.1) is 0 Å². The Balaban J connectivity index is 1.36. The number of amides is 1. The average molecular weight is 661 g/mol. The van der Waals surface area contributed by atoms with Crippen molar-refractivity contribution in [3.63, 3.8) is 0 Å². The first-order valence-corrected chi connectivity index (χ1v) is 14.8. The van der Waals surface area contributed by atoms with E-state index in [0.29, 0.717) is 33.2 Å². The zero-order valence-electron chi connectivity index (χ0n) is 24.5. The van der Waals surface area contributed by atoms with E-state index in [9.17, 15) is 9.59 Å². The van der Waals surface area contributed by atoms with E-state index in [2.05, 4.69) is 30.9 Å². The van der Waals surface area contributed by atoms with Crippen LogP contribution in [0.1, 0.15) is 43.5 Å². The molecule has 0 saturated carbocycles. The van der Waals surface area contributed by atoms with Gasteiger partial charge in [0.2, 0.25) is 0 Å². The smallest absolute Gasteiger partial charge is 0.282 e. The lowest BCUT2D eigenvalue weighted by Crippen LogP contribution is -2.29. The predicted molar refractivity (Wildman–Crippen MR) is 176 cm³/mol. The van der Waals surface area contributed by atoms with Crippen LogP contribution in [0.4, 0.5) is 5.69 Å². The number of nitrogens with one attached hydrogen (secondary N) is 1. The number of ether oxygens (including phenoxy) is 1. The topological polar surface area (TPSA) is 90.5 Å². The van der Waals surface area contributed by atoms with Crippen LogP contribution in [0.25, 0.3) is 16.6 Å². The Labute approximate surface area is 263 Å². The summed E-state index contributed by atoms with van der Waals surface area (Å²) >= 11 is 9.35. The molecule has 1 amide bonds. The van der Waals surface area contributed by atoms with Crippen molar-refractivity contribution in [1.82, 2.24) is 14.2 Å². The second-order valence-corrected chi connectivity index (χ2v) is 12.6. The molecule has 1 N–H and O–H groups in total. The number of nitrogens with zero attached hydrogens (tertiary/aromatic N) is 4. The fraction of sp³-hybridized carbons (Fsp3) is 0.212. The van der Waals surface area contributed by atoms with Crippen LogP contribution in [0.3, 0.4) is 0 Å². The molecule has 220 valence electrons. The molecule has 0 aliphatic carbocycles. The third-order valence-electron chi connectivity index (χ3n) is 6.85. The molecule has 0 spiro atoms. The van der Waals surface area contributed by atoms with E-state index >= 15 is 0 Å². The molecular formula is C33H31BrClN5O3. The Morgan fingerprint density at radius 2 is 1.74 bits per heavy atom. The molecular weight excluding hydrogens is 630 g/mol. The van der Waals surface area contributed by atoms with Crippen LogP contribution in [-0.4, -0.2) is 33.0 Å². The summed E-state index contributed by atoms with van der Waals surface area (Å²) in [6, 6.07) is 21.9. The highest BCUT2D eigenvalue weighted by molar-refractivity contribution is 9.10. The lowest BCUT2D eigenvalue weighted by Gasteiger charge is -2.20. The molecule has 2 aromatic heterocycles. The third kappa shape index (κ3) is 6.73. The Morgan fingerprint density at radius 3 is 2.42 bits per heavy atom. The summed E-state index contributed by atoms with van der Waals surface area (Å²) in [5.74, 6) is 0.883. The highest BCUT2D eigenvalue weighted by Gasteiger charge is 2.23. The molecule has 0 saturated heterocycles. The Kier molecular flexibility index (Phi) is 8.57. The first kappa shape index (κ1) is 30.3. The minimum Gasteiger partial charge on any atom is -0.484 e. The number of benzene rings is 3. The van der Waals surface area contributed by atoms with Crippen LogP contribution >= 0.6 is 27.5 Å². The predicted octanol–water partition coefficient (Wildman–Crippen LogP) is 7.42. The molecule has 3 aromatic carbocycles. The van der Waals surface area contributed by atoms with Gasteiger partial charge in [-0.25, -0.2) is 4.98 Å². The van der Waals surface area contributed by atoms with Crippen molar-refractivity contribution < 1.29 is 9.53 Å². The largest absolute Gasteiger partial charge is 0.484 e. The standard InChI is InChI=1S/C33H31BrClN5O3/c1-20-16-22(18-36-40-31(42)28-17-23(34)6-15-29(28)38-32(40)33(3,4)5)21(2)39(20)26-11-13-27(14-12-26)43-19-30(41)37-25-9-7-24(35)8-10-25/h6-18H,19H2,1-5H3,(H,37,41). The minimum absolute atomic E-state index is 0.124. The normalized spacial score (nSPS) is 11.8. The summed E-state index contributed by atoms with van der Waals surface area (Å²) in [5.41, 5.74) is 4.41. The second kappa shape index (κ2) is 12.2. The van der Waals surface area contributed by atoms with Crippen molar-refractivity contribution in [2.45, 2.75) is 40.0 Å². The van der Waals surface area contributed by atoms with Gasteiger partial charge in [-0.2, -0.15) is 9.78 Å². The minimum atomic E-state index is -0.408. The van der Waals surface area contributed by atoms with Crippen molar-refractivity contribution in [3.05, 3.63) is 115 Å². The first-order valence-electron chi connectivity index (χ1n) is 13.7. The Morgan fingerprint density at radius 1 is 1.05 bits per heavy atom. The van der Waals surface area contributed by atoms with E-state index in [4.69, 9.17) is 21.3 Å². The molecule has 0 radical (unpaired) electrons. The van der Waals surface area contributed by atoms with Gasteiger partial charge >= 0.3 is 0 Å². The molecule has 10 heteroatoms. The highest BCUT2D eigenvalue weighted by Crippen LogP contribution is 2.25. The SMILES string of the molecule is Cc1cc(C=Nn2c(C(C)(C)C)nc3ccc(Br)cc3c2=O)c(C)n1-c1ccc(OCC(=O)Nc2ccc(Cl)cc2)cc1. The summed E-state index contributed by atoms with van der Waals surface area (Å²) in [6.45, 7) is 9.92. The van der Waals surface area contributed by atoms with Crippen LogP contribution in [0.15, 0.2) is 87.2 Å². The molecule has 43 heavy (non-hydrogen) atoms. The number of carbonyl (C=O) groups excluding carboxylic acids is 1. The molecule has 5 rings (SSSR count). The molecule has 0 aliphatic heterocycles. The van der Waals surface area contributed by atoms with E-state index in [0.717, 1.165) is 27.1 Å². The summed E-state index contributed by atoms with van der Waals surface area (Å²) in [7, 11) is 0. The van der Waals surface area contributed by atoms with Gasteiger partial charge < -0.3 is 14.6 Å². The number of halogens is 2. The number of hydrogen-bond donors (Lipinski definition) is 1. The number of carbonyl (C=O) groups is 1.